The van der Waals surface area contributed by atoms with E-state index < -0.39 is 0 Å². The van der Waals surface area contributed by atoms with Crippen LogP contribution in [0, 0.1) is 0 Å². The zero-order chi connectivity index (χ0) is 12.3. The zero-order valence-corrected chi connectivity index (χ0v) is 10.3. The van der Waals surface area contributed by atoms with Crippen LogP contribution in [0.4, 0.5) is 0 Å². The largest absolute Gasteiger partial charge is 0.465 e. The van der Waals surface area contributed by atoms with Crippen LogP contribution in [-0.4, -0.2) is 13.1 Å². The Hall–Kier alpha value is -1.57. The molecule has 0 aliphatic rings. The van der Waals surface area contributed by atoms with Crippen molar-refractivity contribution in [3.05, 3.63) is 42.0 Å². The lowest BCUT2D eigenvalue weighted by Gasteiger charge is -2.19. The minimum atomic E-state index is -0.386. The standard InChI is InChI=1S/C14H18O2/c1-10(13(15)16-5)11-6-8-12(9-7-11)14(2,3)4/h6-9H,1H2,2-5H3. The lowest BCUT2D eigenvalue weighted by atomic mass is 9.86. The summed E-state index contributed by atoms with van der Waals surface area (Å²) in [6, 6.07) is 7.84. The van der Waals surface area contributed by atoms with Crippen LogP contribution in [0.2, 0.25) is 0 Å². The number of methoxy groups -OCH3 is 1. The fraction of sp³-hybridized carbons (Fsp3) is 0.357. The van der Waals surface area contributed by atoms with Gasteiger partial charge in [-0.2, -0.15) is 0 Å². The highest BCUT2D eigenvalue weighted by Crippen LogP contribution is 2.24. The Morgan fingerprint density at radius 1 is 1.19 bits per heavy atom. The summed E-state index contributed by atoms with van der Waals surface area (Å²) in [5.41, 5.74) is 2.54. The van der Waals surface area contributed by atoms with E-state index in [1.54, 1.807) is 0 Å². The van der Waals surface area contributed by atoms with Gasteiger partial charge in [-0.05, 0) is 16.5 Å². The third kappa shape index (κ3) is 2.72. The highest BCUT2D eigenvalue weighted by molar-refractivity contribution is 6.15. The van der Waals surface area contributed by atoms with Gasteiger partial charge in [0.05, 0.1) is 12.7 Å². The van der Waals surface area contributed by atoms with Crippen LogP contribution in [0.3, 0.4) is 0 Å². The van der Waals surface area contributed by atoms with E-state index >= 15 is 0 Å². The van der Waals surface area contributed by atoms with Crippen molar-refractivity contribution in [2.24, 2.45) is 0 Å². The van der Waals surface area contributed by atoms with Crippen LogP contribution < -0.4 is 0 Å². The number of carbonyl (C=O) groups excluding carboxylic acids is 1. The molecule has 0 aromatic heterocycles. The van der Waals surface area contributed by atoms with Crippen molar-refractivity contribution in [2.75, 3.05) is 7.11 Å². The Kier molecular flexibility index (Phi) is 3.53. The second-order valence-electron chi connectivity index (χ2n) is 4.80. The molecule has 86 valence electrons. The quantitative estimate of drug-likeness (QED) is 0.563. The van der Waals surface area contributed by atoms with Gasteiger partial charge in [0, 0.05) is 0 Å². The van der Waals surface area contributed by atoms with Crippen molar-refractivity contribution < 1.29 is 9.53 Å². The molecule has 0 fully saturated rings. The van der Waals surface area contributed by atoms with E-state index in [0.29, 0.717) is 5.57 Å². The van der Waals surface area contributed by atoms with E-state index in [1.165, 1.54) is 12.7 Å². The molecule has 1 aromatic rings. The number of rotatable bonds is 2. The summed E-state index contributed by atoms with van der Waals surface area (Å²) in [5.74, 6) is -0.386. The molecule has 2 nitrogen and oxygen atoms in total. The van der Waals surface area contributed by atoms with Crippen molar-refractivity contribution >= 4 is 11.5 Å². The fourth-order valence-electron chi connectivity index (χ4n) is 1.41. The predicted octanol–water partition coefficient (Wildman–Crippen LogP) is 3.17. The first-order valence-electron chi connectivity index (χ1n) is 5.24. The molecule has 0 spiro atoms. The third-order valence-corrected chi connectivity index (χ3v) is 2.53. The minimum absolute atomic E-state index is 0.116. The highest BCUT2D eigenvalue weighted by Gasteiger charge is 2.14. The van der Waals surface area contributed by atoms with Gasteiger partial charge in [-0.1, -0.05) is 51.6 Å². The second-order valence-corrected chi connectivity index (χ2v) is 4.80. The zero-order valence-electron chi connectivity index (χ0n) is 10.3. The van der Waals surface area contributed by atoms with Crippen molar-refractivity contribution in [1.82, 2.24) is 0 Å². The molecule has 0 aliphatic heterocycles. The maximum Gasteiger partial charge on any atom is 0.337 e. The number of benzene rings is 1. The van der Waals surface area contributed by atoms with E-state index in [9.17, 15) is 4.79 Å². The number of carbonyl (C=O) groups is 1. The van der Waals surface area contributed by atoms with Crippen molar-refractivity contribution in [3.8, 4) is 0 Å². The normalized spacial score (nSPS) is 11.0. The molecule has 0 aliphatic carbocycles. The van der Waals surface area contributed by atoms with Crippen LogP contribution in [0.1, 0.15) is 31.9 Å². The summed E-state index contributed by atoms with van der Waals surface area (Å²) in [6.07, 6.45) is 0. The lowest BCUT2D eigenvalue weighted by Crippen LogP contribution is -2.11. The van der Waals surface area contributed by atoms with E-state index in [-0.39, 0.29) is 11.4 Å². The van der Waals surface area contributed by atoms with Crippen molar-refractivity contribution in [1.29, 1.82) is 0 Å². The van der Waals surface area contributed by atoms with Crippen LogP contribution in [0.5, 0.6) is 0 Å². The molecular weight excluding hydrogens is 200 g/mol. The smallest absolute Gasteiger partial charge is 0.337 e. The fourth-order valence-corrected chi connectivity index (χ4v) is 1.41. The van der Waals surface area contributed by atoms with Crippen molar-refractivity contribution in [2.45, 2.75) is 26.2 Å². The summed E-state index contributed by atoms with van der Waals surface area (Å²) in [4.78, 5) is 11.3. The molecule has 2 heteroatoms. The van der Waals surface area contributed by atoms with Gasteiger partial charge in [-0.25, -0.2) is 4.79 Å². The molecule has 0 heterocycles. The summed E-state index contributed by atoms with van der Waals surface area (Å²) >= 11 is 0. The van der Waals surface area contributed by atoms with Gasteiger partial charge >= 0.3 is 5.97 Å². The maximum atomic E-state index is 11.3. The number of ether oxygens (including phenoxy) is 1. The molecule has 0 saturated heterocycles. The van der Waals surface area contributed by atoms with E-state index in [0.717, 1.165) is 5.56 Å². The maximum absolute atomic E-state index is 11.3. The molecule has 0 bridgehead atoms. The monoisotopic (exact) mass is 218 g/mol. The van der Waals surface area contributed by atoms with Crippen LogP contribution >= 0.6 is 0 Å². The van der Waals surface area contributed by atoms with Gasteiger partial charge in [-0.15, -0.1) is 0 Å². The molecule has 16 heavy (non-hydrogen) atoms. The van der Waals surface area contributed by atoms with Gasteiger partial charge in [0.25, 0.3) is 0 Å². The summed E-state index contributed by atoms with van der Waals surface area (Å²) in [6.45, 7) is 10.2. The molecule has 0 unspecified atom stereocenters. The highest BCUT2D eigenvalue weighted by atomic mass is 16.5. The van der Waals surface area contributed by atoms with Gasteiger partial charge in [-0.3, -0.25) is 0 Å². The molecule has 0 radical (unpaired) electrons. The Morgan fingerprint density at radius 2 is 1.69 bits per heavy atom. The Balaban J connectivity index is 2.96. The molecule has 0 saturated carbocycles. The van der Waals surface area contributed by atoms with Crippen molar-refractivity contribution in [3.63, 3.8) is 0 Å². The minimum Gasteiger partial charge on any atom is -0.465 e. The van der Waals surface area contributed by atoms with E-state index in [4.69, 9.17) is 0 Å². The molecule has 1 rings (SSSR count). The first-order valence-corrected chi connectivity index (χ1v) is 5.24. The van der Waals surface area contributed by atoms with Crippen LogP contribution in [0.25, 0.3) is 5.57 Å². The molecule has 0 N–H and O–H groups in total. The second kappa shape index (κ2) is 4.52. The summed E-state index contributed by atoms with van der Waals surface area (Å²) in [7, 11) is 1.36. The SMILES string of the molecule is C=C(C(=O)OC)c1ccc(C(C)(C)C)cc1. The van der Waals surface area contributed by atoms with E-state index in [2.05, 4.69) is 32.1 Å². The third-order valence-electron chi connectivity index (χ3n) is 2.53. The summed E-state index contributed by atoms with van der Waals surface area (Å²) in [5, 5.41) is 0. The topological polar surface area (TPSA) is 26.3 Å². The lowest BCUT2D eigenvalue weighted by molar-refractivity contribution is -0.133. The number of hydrogen-bond donors (Lipinski definition) is 0. The van der Waals surface area contributed by atoms with Gasteiger partial charge in [0.1, 0.15) is 0 Å². The summed E-state index contributed by atoms with van der Waals surface area (Å²) < 4.78 is 4.63. The Morgan fingerprint density at radius 3 is 2.06 bits per heavy atom. The first-order chi connectivity index (χ1) is 7.36. The predicted molar refractivity (Wildman–Crippen MR) is 66.2 cm³/mol. The molecular formula is C14H18O2. The Bertz CT molecular complexity index is 394. The Labute approximate surface area is 96.9 Å². The molecule has 0 amide bonds. The van der Waals surface area contributed by atoms with Crippen LogP contribution in [-0.2, 0) is 14.9 Å². The molecule has 1 aromatic carbocycles. The first kappa shape index (κ1) is 12.5. The van der Waals surface area contributed by atoms with Crippen LogP contribution in [0.15, 0.2) is 30.8 Å². The van der Waals surface area contributed by atoms with Gasteiger partial charge in [0.2, 0.25) is 0 Å². The average molecular weight is 218 g/mol. The van der Waals surface area contributed by atoms with Gasteiger partial charge < -0.3 is 4.74 Å². The number of hydrogen-bond acceptors (Lipinski definition) is 2. The molecule has 0 atom stereocenters. The van der Waals surface area contributed by atoms with E-state index in [1.807, 2.05) is 24.3 Å². The average Bonchev–Trinajstić information content (AvgIpc) is 2.26. The number of esters is 1. The van der Waals surface area contributed by atoms with Gasteiger partial charge in [0.15, 0.2) is 0 Å².